The van der Waals surface area contributed by atoms with Crippen LogP contribution in [0, 0.1) is 23.7 Å². The van der Waals surface area contributed by atoms with Crippen LogP contribution in [0.3, 0.4) is 0 Å². The van der Waals surface area contributed by atoms with Crippen LogP contribution in [0.15, 0.2) is 18.2 Å². The molecule has 1 aromatic carbocycles. The van der Waals surface area contributed by atoms with Crippen LogP contribution in [-0.2, 0) is 14.4 Å². The fourth-order valence-electron chi connectivity index (χ4n) is 4.71. The summed E-state index contributed by atoms with van der Waals surface area (Å²) < 4.78 is 0. The number of amides is 3. The molecule has 3 aliphatic rings. The smallest absolute Gasteiger partial charge is 0.233 e. The summed E-state index contributed by atoms with van der Waals surface area (Å²) in [5.41, 5.74) is 0.424. The van der Waals surface area contributed by atoms with Crippen molar-refractivity contribution < 1.29 is 14.4 Å². The predicted molar refractivity (Wildman–Crippen MR) is 94.2 cm³/mol. The molecule has 0 radical (unpaired) electrons. The zero-order chi connectivity index (χ0) is 17.7. The van der Waals surface area contributed by atoms with Crippen LogP contribution in [0.2, 0.25) is 10.0 Å². The zero-order valence-corrected chi connectivity index (χ0v) is 15.0. The van der Waals surface area contributed by atoms with Gasteiger partial charge in [0.25, 0.3) is 0 Å². The molecule has 4 rings (SSSR count). The molecule has 0 unspecified atom stereocenters. The first kappa shape index (κ1) is 16.9. The van der Waals surface area contributed by atoms with E-state index in [0.29, 0.717) is 27.6 Å². The lowest BCUT2D eigenvalue weighted by Crippen LogP contribution is -2.35. The Bertz CT molecular complexity index is 739. The summed E-state index contributed by atoms with van der Waals surface area (Å²) in [6.07, 6.45) is 3.16. The van der Waals surface area contributed by atoms with Crippen LogP contribution >= 0.6 is 23.2 Å². The standard InChI is InChI=1S/C18H18Cl2N2O3/c19-11-3-4-12(20)13(8-11)21-14(23)5-6-22-17(24)15-9-1-2-10(7-9)16(15)18(22)25/h3-4,8-10,15-16H,1-2,5-7H2,(H,21,23)/t9-,10-,15-,16-/m0/s1. The van der Waals surface area contributed by atoms with Crippen molar-refractivity contribution in [2.24, 2.45) is 23.7 Å². The number of hydrogen-bond acceptors (Lipinski definition) is 3. The van der Waals surface area contributed by atoms with Gasteiger partial charge in [0.2, 0.25) is 17.7 Å². The molecule has 1 aromatic rings. The van der Waals surface area contributed by atoms with Crippen molar-refractivity contribution >= 4 is 46.6 Å². The highest BCUT2D eigenvalue weighted by atomic mass is 35.5. The van der Waals surface area contributed by atoms with Gasteiger partial charge in [-0.05, 0) is 49.3 Å². The summed E-state index contributed by atoms with van der Waals surface area (Å²) in [6.45, 7) is 0.119. The Morgan fingerprint density at radius 2 is 1.76 bits per heavy atom. The van der Waals surface area contributed by atoms with Crippen molar-refractivity contribution in [2.45, 2.75) is 25.7 Å². The number of likely N-dealkylation sites (tertiary alicyclic amines) is 1. The third-order valence-corrected chi connectivity index (χ3v) is 6.35. The van der Waals surface area contributed by atoms with Gasteiger partial charge in [0, 0.05) is 18.0 Å². The number of nitrogens with zero attached hydrogens (tertiary/aromatic N) is 1. The summed E-state index contributed by atoms with van der Waals surface area (Å²) in [7, 11) is 0. The van der Waals surface area contributed by atoms with E-state index in [2.05, 4.69) is 5.32 Å². The Labute approximate surface area is 155 Å². The molecule has 25 heavy (non-hydrogen) atoms. The second kappa shape index (κ2) is 6.29. The van der Waals surface area contributed by atoms with Crippen LogP contribution in [0.1, 0.15) is 25.7 Å². The van der Waals surface area contributed by atoms with Crippen molar-refractivity contribution in [3.05, 3.63) is 28.2 Å². The SMILES string of the molecule is O=C(CCN1C(=O)[C@H]2[C@H]3CC[C@@H](C3)[C@@H]2C1=O)Nc1cc(Cl)ccc1Cl. The van der Waals surface area contributed by atoms with Gasteiger partial charge in [-0.25, -0.2) is 0 Å². The van der Waals surface area contributed by atoms with Gasteiger partial charge in [-0.1, -0.05) is 23.2 Å². The summed E-state index contributed by atoms with van der Waals surface area (Å²) in [6, 6.07) is 4.80. The molecule has 0 aromatic heterocycles. The fraction of sp³-hybridized carbons (Fsp3) is 0.500. The maximum absolute atomic E-state index is 12.6. The first-order chi connectivity index (χ1) is 12.0. The maximum Gasteiger partial charge on any atom is 0.233 e. The van der Waals surface area contributed by atoms with Crippen LogP contribution in [0.5, 0.6) is 0 Å². The minimum absolute atomic E-state index is 0.0507. The van der Waals surface area contributed by atoms with Gasteiger partial charge in [0.1, 0.15) is 0 Å². The first-order valence-electron chi connectivity index (χ1n) is 8.56. The molecule has 1 N–H and O–H groups in total. The van der Waals surface area contributed by atoms with Crippen molar-refractivity contribution in [3.63, 3.8) is 0 Å². The van der Waals surface area contributed by atoms with E-state index in [-0.39, 0.29) is 42.5 Å². The number of rotatable bonds is 4. The Kier molecular flexibility index (Phi) is 4.24. The number of fused-ring (bicyclic) bond motifs is 5. The topological polar surface area (TPSA) is 66.5 Å². The summed E-state index contributed by atoms with van der Waals surface area (Å²) in [4.78, 5) is 38.6. The van der Waals surface area contributed by atoms with Gasteiger partial charge in [-0.15, -0.1) is 0 Å². The number of hydrogen-bond donors (Lipinski definition) is 1. The Morgan fingerprint density at radius 3 is 2.40 bits per heavy atom. The van der Waals surface area contributed by atoms with Gasteiger partial charge in [-0.3, -0.25) is 19.3 Å². The van der Waals surface area contributed by atoms with E-state index < -0.39 is 0 Å². The monoisotopic (exact) mass is 380 g/mol. The quantitative estimate of drug-likeness (QED) is 0.814. The summed E-state index contributed by atoms with van der Waals surface area (Å²) in [5.74, 6) is -0.0455. The van der Waals surface area contributed by atoms with Gasteiger partial charge >= 0.3 is 0 Å². The number of imide groups is 1. The molecule has 0 spiro atoms. The minimum Gasteiger partial charge on any atom is -0.325 e. The van der Waals surface area contributed by atoms with E-state index in [4.69, 9.17) is 23.2 Å². The van der Waals surface area contributed by atoms with E-state index in [9.17, 15) is 14.4 Å². The molecule has 2 bridgehead atoms. The van der Waals surface area contributed by atoms with Crippen LogP contribution in [0.4, 0.5) is 5.69 Å². The van der Waals surface area contributed by atoms with Gasteiger partial charge < -0.3 is 5.32 Å². The normalized spacial score (nSPS) is 30.1. The minimum atomic E-state index is -0.301. The molecule has 2 aliphatic carbocycles. The summed E-state index contributed by atoms with van der Waals surface area (Å²) in [5, 5.41) is 3.53. The van der Waals surface area contributed by atoms with E-state index in [1.165, 1.54) is 4.90 Å². The third-order valence-electron chi connectivity index (χ3n) is 5.78. The largest absolute Gasteiger partial charge is 0.325 e. The molecule has 7 heteroatoms. The van der Waals surface area contributed by atoms with Crippen LogP contribution in [-0.4, -0.2) is 29.2 Å². The number of nitrogens with one attached hydrogen (secondary N) is 1. The Balaban J connectivity index is 1.38. The number of anilines is 1. The van der Waals surface area contributed by atoms with E-state index >= 15 is 0 Å². The van der Waals surface area contributed by atoms with Crippen molar-refractivity contribution in [3.8, 4) is 0 Å². The number of carbonyl (C=O) groups is 3. The molecular formula is C18H18Cl2N2O3. The summed E-state index contributed by atoms with van der Waals surface area (Å²) >= 11 is 11.9. The number of benzene rings is 1. The Hall–Kier alpha value is -1.59. The lowest BCUT2D eigenvalue weighted by atomic mass is 9.81. The molecule has 2 saturated carbocycles. The molecule has 1 saturated heterocycles. The Morgan fingerprint density at radius 1 is 1.12 bits per heavy atom. The van der Waals surface area contributed by atoms with E-state index in [1.54, 1.807) is 18.2 Å². The molecule has 132 valence electrons. The maximum atomic E-state index is 12.6. The van der Waals surface area contributed by atoms with Crippen LogP contribution < -0.4 is 5.32 Å². The fourth-order valence-corrected chi connectivity index (χ4v) is 5.05. The van der Waals surface area contributed by atoms with Crippen LogP contribution in [0.25, 0.3) is 0 Å². The van der Waals surface area contributed by atoms with Gasteiger partial charge in [-0.2, -0.15) is 0 Å². The molecular weight excluding hydrogens is 363 g/mol. The van der Waals surface area contributed by atoms with Crippen molar-refractivity contribution in [1.29, 1.82) is 0 Å². The van der Waals surface area contributed by atoms with E-state index in [1.807, 2.05) is 0 Å². The molecule has 4 atom stereocenters. The lowest BCUT2D eigenvalue weighted by Gasteiger charge is -2.19. The molecule has 3 amide bonds. The van der Waals surface area contributed by atoms with E-state index in [0.717, 1.165) is 19.3 Å². The number of halogens is 2. The van der Waals surface area contributed by atoms with Crippen molar-refractivity contribution in [2.75, 3.05) is 11.9 Å². The van der Waals surface area contributed by atoms with Crippen molar-refractivity contribution in [1.82, 2.24) is 4.90 Å². The molecule has 1 heterocycles. The average molecular weight is 381 g/mol. The second-order valence-corrected chi connectivity index (χ2v) is 7.98. The molecule has 5 nitrogen and oxygen atoms in total. The first-order valence-corrected chi connectivity index (χ1v) is 9.31. The second-order valence-electron chi connectivity index (χ2n) is 7.14. The highest BCUT2D eigenvalue weighted by molar-refractivity contribution is 6.35. The average Bonchev–Trinajstić information content (AvgIpc) is 3.24. The zero-order valence-electron chi connectivity index (χ0n) is 13.5. The lowest BCUT2D eigenvalue weighted by molar-refractivity contribution is -0.140. The van der Waals surface area contributed by atoms with Gasteiger partial charge in [0.15, 0.2) is 0 Å². The third kappa shape index (κ3) is 2.83. The highest BCUT2D eigenvalue weighted by Crippen LogP contribution is 2.56. The highest BCUT2D eigenvalue weighted by Gasteiger charge is 2.60. The molecule has 1 aliphatic heterocycles. The predicted octanol–water partition coefficient (Wildman–Crippen LogP) is 3.35. The molecule has 3 fully saturated rings. The van der Waals surface area contributed by atoms with Gasteiger partial charge in [0.05, 0.1) is 22.5 Å². The number of carbonyl (C=O) groups excluding carboxylic acids is 3.